The molecule has 3 aromatic rings. The number of methoxy groups -OCH3 is 3. The number of H-pyrrole nitrogens is 1. The van der Waals surface area contributed by atoms with E-state index < -0.39 is 0 Å². The van der Waals surface area contributed by atoms with E-state index in [1.54, 1.807) is 38.6 Å². The molecular weight excluding hydrogens is 294 g/mol. The van der Waals surface area contributed by atoms with Crippen LogP contribution in [-0.4, -0.2) is 32.1 Å². The van der Waals surface area contributed by atoms with Crippen molar-refractivity contribution < 1.29 is 19.0 Å². The van der Waals surface area contributed by atoms with Crippen LogP contribution in [0.15, 0.2) is 42.6 Å². The number of ether oxygens (including phenoxy) is 3. The Hall–Kier alpha value is -2.95. The van der Waals surface area contributed by atoms with Gasteiger partial charge in [0.1, 0.15) is 17.2 Å². The van der Waals surface area contributed by atoms with Gasteiger partial charge in [-0.15, -0.1) is 0 Å². The highest BCUT2D eigenvalue weighted by molar-refractivity contribution is 6.17. The zero-order valence-electron chi connectivity index (χ0n) is 13.2. The first-order chi connectivity index (χ1) is 11.2. The van der Waals surface area contributed by atoms with E-state index in [9.17, 15) is 4.79 Å². The van der Waals surface area contributed by atoms with Crippen LogP contribution < -0.4 is 14.2 Å². The van der Waals surface area contributed by atoms with Crippen molar-refractivity contribution in [3.63, 3.8) is 0 Å². The van der Waals surface area contributed by atoms with Crippen LogP contribution in [-0.2, 0) is 0 Å². The summed E-state index contributed by atoms with van der Waals surface area (Å²) in [5.74, 6) is 1.75. The molecule has 23 heavy (non-hydrogen) atoms. The number of aromatic amines is 1. The van der Waals surface area contributed by atoms with Gasteiger partial charge in [-0.05, 0) is 24.3 Å². The summed E-state index contributed by atoms with van der Waals surface area (Å²) in [6.07, 6.45) is 1.70. The van der Waals surface area contributed by atoms with E-state index in [0.717, 1.165) is 16.7 Å². The van der Waals surface area contributed by atoms with E-state index in [2.05, 4.69) is 4.98 Å². The molecule has 0 unspecified atom stereocenters. The number of hydrogen-bond acceptors (Lipinski definition) is 4. The molecule has 0 aliphatic rings. The number of benzene rings is 2. The van der Waals surface area contributed by atoms with Gasteiger partial charge >= 0.3 is 0 Å². The van der Waals surface area contributed by atoms with Crippen molar-refractivity contribution in [2.45, 2.75) is 0 Å². The smallest absolute Gasteiger partial charge is 0.198 e. The van der Waals surface area contributed by atoms with Gasteiger partial charge in [0.15, 0.2) is 5.78 Å². The first-order valence-electron chi connectivity index (χ1n) is 7.09. The highest BCUT2D eigenvalue weighted by atomic mass is 16.5. The summed E-state index contributed by atoms with van der Waals surface area (Å²) >= 11 is 0. The van der Waals surface area contributed by atoms with E-state index >= 15 is 0 Å². The molecule has 5 nitrogen and oxygen atoms in total. The monoisotopic (exact) mass is 311 g/mol. The second-order valence-corrected chi connectivity index (χ2v) is 5.01. The predicted molar refractivity (Wildman–Crippen MR) is 87.8 cm³/mol. The second kappa shape index (κ2) is 6.04. The van der Waals surface area contributed by atoms with Gasteiger partial charge in [0.05, 0.1) is 26.9 Å². The lowest BCUT2D eigenvalue weighted by molar-refractivity contribution is 0.103. The van der Waals surface area contributed by atoms with Crippen LogP contribution in [0.3, 0.4) is 0 Å². The number of fused-ring (bicyclic) bond motifs is 1. The fourth-order valence-corrected chi connectivity index (χ4v) is 2.55. The van der Waals surface area contributed by atoms with Crippen LogP contribution in [0, 0.1) is 0 Å². The van der Waals surface area contributed by atoms with Crippen molar-refractivity contribution in [3.8, 4) is 17.2 Å². The molecule has 0 amide bonds. The van der Waals surface area contributed by atoms with Gasteiger partial charge in [0, 0.05) is 34.8 Å². The maximum absolute atomic E-state index is 12.9. The van der Waals surface area contributed by atoms with Gasteiger partial charge in [0.2, 0.25) is 0 Å². The Morgan fingerprint density at radius 2 is 1.57 bits per heavy atom. The molecule has 0 aliphatic carbocycles. The van der Waals surface area contributed by atoms with Gasteiger partial charge in [0.25, 0.3) is 0 Å². The number of nitrogens with one attached hydrogen (secondary N) is 1. The summed E-state index contributed by atoms with van der Waals surface area (Å²) < 4.78 is 15.7. The Morgan fingerprint density at radius 1 is 0.870 bits per heavy atom. The number of hydrogen-bond donors (Lipinski definition) is 1. The Labute approximate surface area is 133 Å². The van der Waals surface area contributed by atoms with Crippen molar-refractivity contribution in [2.75, 3.05) is 21.3 Å². The van der Waals surface area contributed by atoms with Crippen molar-refractivity contribution in [2.24, 2.45) is 0 Å². The zero-order valence-corrected chi connectivity index (χ0v) is 13.2. The van der Waals surface area contributed by atoms with Crippen molar-refractivity contribution in [1.82, 2.24) is 4.98 Å². The zero-order chi connectivity index (χ0) is 16.4. The van der Waals surface area contributed by atoms with Crippen molar-refractivity contribution in [3.05, 3.63) is 53.7 Å². The first kappa shape index (κ1) is 15.0. The lowest BCUT2D eigenvalue weighted by atomic mass is 10.0. The lowest BCUT2D eigenvalue weighted by Gasteiger charge is -2.09. The Morgan fingerprint density at radius 3 is 2.26 bits per heavy atom. The van der Waals surface area contributed by atoms with Gasteiger partial charge in [-0.3, -0.25) is 4.79 Å². The average Bonchev–Trinajstić information content (AvgIpc) is 3.03. The minimum atomic E-state index is -0.110. The van der Waals surface area contributed by atoms with E-state index in [0.29, 0.717) is 22.6 Å². The molecule has 0 atom stereocenters. The normalized spacial score (nSPS) is 10.6. The predicted octanol–water partition coefficient (Wildman–Crippen LogP) is 3.42. The fourth-order valence-electron chi connectivity index (χ4n) is 2.55. The Balaban J connectivity index is 2.07. The largest absolute Gasteiger partial charge is 0.497 e. The summed E-state index contributed by atoms with van der Waals surface area (Å²) in [5, 5.41) is 0.841. The number of ketones is 1. The van der Waals surface area contributed by atoms with E-state index in [1.165, 1.54) is 7.11 Å². The van der Waals surface area contributed by atoms with Gasteiger partial charge in [-0.25, -0.2) is 0 Å². The second-order valence-electron chi connectivity index (χ2n) is 5.01. The molecule has 0 spiro atoms. The summed E-state index contributed by atoms with van der Waals surface area (Å²) in [6, 6.07) is 10.7. The number of carbonyl (C=O) groups excluding carboxylic acids is 1. The molecule has 0 saturated carbocycles. The standard InChI is InChI=1S/C18H17NO4/c1-21-11-4-6-13-15(10-19-16(13)8-11)18(20)14-7-5-12(22-2)9-17(14)23-3/h4-10,19H,1-3H3. The molecular formula is C18H17NO4. The van der Waals surface area contributed by atoms with E-state index in [4.69, 9.17) is 14.2 Å². The van der Waals surface area contributed by atoms with Crippen LogP contribution in [0.4, 0.5) is 0 Å². The molecule has 0 fully saturated rings. The molecule has 3 rings (SSSR count). The van der Waals surface area contributed by atoms with Crippen LogP contribution in [0.25, 0.3) is 10.9 Å². The van der Waals surface area contributed by atoms with Gasteiger partial charge in [-0.2, -0.15) is 0 Å². The van der Waals surface area contributed by atoms with Crippen molar-refractivity contribution in [1.29, 1.82) is 0 Å². The number of aromatic nitrogens is 1. The van der Waals surface area contributed by atoms with Crippen molar-refractivity contribution >= 4 is 16.7 Å². The Bertz CT molecular complexity index is 867. The van der Waals surface area contributed by atoms with E-state index in [-0.39, 0.29) is 5.78 Å². The SMILES string of the molecule is COc1ccc(C(=O)c2c[nH]c3cc(OC)ccc23)c(OC)c1. The number of carbonyl (C=O) groups is 1. The molecule has 1 N–H and O–H groups in total. The van der Waals surface area contributed by atoms with Crippen LogP contribution >= 0.6 is 0 Å². The van der Waals surface area contributed by atoms with E-state index in [1.807, 2.05) is 18.2 Å². The molecule has 5 heteroatoms. The lowest BCUT2D eigenvalue weighted by Crippen LogP contribution is -2.03. The number of rotatable bonds is 5. The van der Waals surface area contributed by atoms with Gasteiger partial charge < -0.3 is 19.2 Å². The minimum Gasteiger partial charge on any atom is -0.497 e. The fraction of sp³-hybridized carbons (Fsp3) is 0.167. The van der Waals surface area contributed by atoms with Crippen LogP contribution in [0.2, 0.25) is 0 Å². The molecule has 0 radical (unpaired) electrons. The topological polar surface area (TPSA) is 60.6 Å². The molecule has 1 heterocycles. The molecule has 0 saturated heterocycles. The molecule has 118 valence electrons. The molecule has 2 aromatic carbocycles. The quantitative estimate of drug-likeness (QED) is 0.733. The highest BCUT2D eigenvalue weighted by Crippen LogP contribution is 2.30. The average molecular weight is 311 g/mol. The third-order valence-electron chi connectivity index (χ3n) is 3.79. The summed E-state index contributed by atoms with van der Waals surface area (Å²) in [6.45, 7) is 0. The third kappa shape index (κ3) is 2.61. The van der Waals surface area contributed by atoms with Crippen LogP contribution in [0.1, 0.15) is 15.9 Å². The van der Waals surface area contributed by atoms with Gasteiger partial charge in [-0.1, -0.05) is 0 Å². The highest BCUT2D eigenvalue weighted by Gasteiger charge is 2.19. The molecule has 0 bridgehead atoms. The Kier molecular flexibility index (Phi) is 3.93. The summed E-state index contributed by atoms with van der Waals surface area (Å²) in [7, 11) is 4.72. The minimum absolute atomic E-state index is 0.110. The maximum Gasteiger partial charge on any atom is 0.198 e. The maximum atomic E-state index is 12.9. The van der Waals surface area contributed by atoms with Crippen LogP contribution in [0.5, 0.6) is 17.2 Å². The first-order valence-corrected chi connectivity index (χ1v) is 7.09. The summed E-state index contributed by atoms with van der Waals surface area (Å²) in [4.78, 5) is 16.0. The molecule has 0 aliphatic heterocycles. The third-order valence-corrected chi connectivity index (χ3v) is 3.79. The summed E-state index contributed by atoms with van der Waals surface area (Å²) in [5.41, 5.74) is 1.93. The molecule has 1 aromatic heterocycles.